The fourth-order valence-corrected chi connectivity index (χ4v) is 3.54. The molecule has 0 saturated carbocycles. The van der Waals surface area contributed by atoms with Crippen molar-refractivity contribution in [2.45, 2.75) is 58.3 Å². The zero-order valence-electron chi connectivity index (χ0n) is 19.8. The maximum absolute atomic E-state index is 11.9. The first-order chi connectivity index (χ1) is 15.8. The minimum Gasteiger partial charge on any atom is -0.492 e. The van der Waals surface area contributed by atoms with Crippen molar-refractivity contribution in [1.82, 2.24) is 4.90 Å². The largest absolute Gasteiger partial charge is 0.492 e. The van der Waals surface area contributed by atoms with Crippen LogP contribution in [0.15, 0.2) is 24.3 Å². The first-order valence-electron chi connectivity index (χ1n) is 12.3. The summed E-state index contributed by atoms with van der Waals surface area (Å²) < 4.78 is 21.8. The van der Waals surface area contributed by atoms with E-state index < -0.39 is 6.09 Å². The average molecular weight is 451 g/mol. The number of rotatable bonds is 17. The van der Waals surface area contributed by atoms with Gasteiger partial charge in [-0.3, -0.25) is 10.2 Å². The topological polar surface area (TPSA) is 69.3 Å². The third-order valence-electron chi connectivity index (χ3n) is 5.48. The Morgan fingerprint density at radius 2 is 1.59 bits per heavy atom. The van der Waals surface area contributed by atoms with Crippen LogP contribution in [0.1, 0.15) is 58.3 Å². The van der Waals surface area contributed by atoms with Crippen LogP contribution in [0.3, 0.4) is 0 Å². The molecule has 7 heteroatoms. The van der Waals surface area contributed by atoms with E-state index in [2.05, 4.69) is 17.1 Å². The number of carbonyl (C=O) groups is 1. The molecule has 1 aliphatic rings. The summed E-state index contributed by atoms with van der Waals surface area (Å²) >= 11 is 0. The number of unbranched alkanes of at least 4 members (excludes halogenated alkanes) is 7. The first kappa shape index (κ1) is 26.4. The van der Waals surface area contributed by atoms with Crippen LogP contribution in [0.4, 0.5) is 10.5 Å². The van der Waals surface area contributed by atoms with Crippen molar-refractivity contribution in [2.24, 2.45) is 0 Å². The van der Waals surface area contributed by atoms with E-state index in [1.165, 1.54) is 44.9 Å². The van der Waals surface area contributed by atoms with E-state index in [0.29, 0.717) is 18.9 Å². The molecule has 1 fully saturated rings. The Labute approximate surface area is 193 Å². The second-order valence-corrected chi connectivity index (χ2v) is 8.18. The van der Waals surface area contributed by atoms with Gasteiger partial charge in [0.2, 0.25) is 0 Å². The monoisotopic (exact) mass is 450 g/mol. The van der Waals surface area contributed by atoms with E-state index in [1.54, 1.807) is 0 Å². The van der Waals surface area contributed by atoms with Gasteiger partial charge >= 0.3 is 6.09 Å². The predicted molar refractivity (Wildman–Crippen MR) is 128 cm³/mol. The molecular weight excluding hydrogens is 408 g/mol. The number of benzene rings is 1. The summed E-state index contributed by atoms with van der Waals surface area (Å²) in [5, 5.41) is 2.72. The van der Waals surface area contributed by atoms with Crippen molar-refractivity contribution in [3.05, 3.63) is 24.3 Å². The fourth-order valence-electron chi connectivity index (χ4n) is 3.54. The van der Waals surface area contributed by atoms with Gasteiger partial charge < -0.3 is 18.9 Å². The number of ether oxygens (including phenoxy) is 4. The van der Waals surface area contributed by atoms with Gasteiger partial charge in [0.1, 0.15) is 19.0 Å². The minimum absolute atomic E-state index is 0.256. The van der Waals surface area contributed by atoms with E-state index in [-0.39, 0.29) is 6.61 Å². The summed E-state index contributed by atoms with van der Waals surface area (Å²) in [6.45, 7) is 8.68. The molecular formula is C25H42N2O5. The molecule has 182 valence electrons. The van der Waals surface area contributed by atoms with Gasteiger partial charge in [-0.15, -0.1) is 0 Å². The van der Waals surface area contributed by atoms with Gasteiger partial charge in [-0.2, -0.15) is 0 Å². The summed E-state index contributed by atoms with van der Waals surface area (Å²) in [5.74, 6) is 0.784. The van der Waals surface area contributed by atoms with Gasteiger partial charge in [0.05, 0.1) is 19.8 Å². The summed E-state index contributed by atoms with van der Waals surface area (Å²) in [7, 11) is 0. The molecule has 1 aliphatic heterocycles. The Kier molecular flexibility index (Phi) is 14.6. The molecule has 0 aliphatic carbocycles. The Morgan fingerprint density at radius 1 is 0.906 bits per heavy atom. The van der Waals surface area contributed by atoms with Crippen LogP contribution < -0.4 is 10.1 Å². The highest BCUT2D eigenvalue weighted by molar-refractivity contribution is 5.84. The molecule has 32 heavy (non-hydrogen) atoms. The SMILES string of the molecule is CCCCCCCCCCOCCOC(=O)Nc1ccc(OCCN2CCOCC2)cc1. The number of nitrogens with one attached hydrogen (secondary N) is 1. The van der Waals surface area contributed by atoms with Crippen molar-refractivity contribution in [1.29, 1.82) is 0 Å². The van der Waals surface area contributed by atoms with E-state index in [4.69, 9.17) is 18.9 Å². The predicted octanol–water partition coefficient (Wildman–Crippen LogP) is 5.10. The third-order valence-corrected chi connectivity index (χ3v) is 5.48. The van der Waals surface area contributed by atoms with E-state index in [0.717, 1.165) is 51.6 Å². The van der Waals surface area contributed by atoms with Crippen LogP contribution in [0, 0.1) is 0 Å². The molecule has 1 saturated heterocycles. The first-order valence-corrected chi connectivity index (χ1v) is 12.3. The minimum atomic E-state index is -0.471. The number of carbonyl (C=O) groups excluding carboxylic acids is 1. The summed E-state index contributed by atoms with van der Waals surface area (Å²) in [6, 6.07) is 7.32. The van der Waals surface area contributed by atoms with Crippen LogP contribution in [-0.4, -0.2) is 70.3 Å². The number of hydrogen-bond donors (Lipinski definition) is 1. The van der Waals surface area contributed by atoms with Crippen molar-refractivity contribution < 1.29 is 23.7 Å². The van der Waals surface area contributed by atoms with E-state index >= 15 is 0 Å². The molecule has 7 nitrogen and oxygen atoms in total. The van der Waals surface area contributed by atoms with Crippen molar-refractivity contribution in [3.63, 3.8) is 0 Å². The van der Waals surface area contributed by atoms with Crippen LogP contribution in [0.5, 0.6) is 5.75 Å². The van der Waals surface area contributed by atoms with E-state index in [9.17, 15) is 4.79 Å². The highest BCUT2D eigenvalue weighted by Gasteiger charge is 2.10. The lowest BCUT2D eigenvalue weighted by atomic mass is 10.1. The molecule has 1 heterocycles. The van der Waals surface area contributed by atoms with Crippen LogP contribution >= 0.6 is 0 Å². The smallest absolute Gasteiger partial charge is 0.411 e. The standard InChI is InChI=1S/C25H42N2O5/c1-2-3-4-5-6-7-8-9-17-29-21-22-32-25(28)26-23-10-12-24(13-11-23)31-20-16-27-14-18-30-19-15-27/h10-13H,2-9,14-22H2,1H3,(H,26,28). The van der Waals surface area contributed by atoms with Crippen LogP contribution in [-0.2, 0) is 14.2 Å². The number of anilines is 1. The Morgan fingerprint density at radius 3 is 2.31 bits per heavy atom. The number of amides is 1. The van der Waals surface area contributed by atoms with Crippen molar-refractivity contribution in [3.8, 4) is 5.75 Å². The lowest BCUT2D eigenvalue weighted by molar-refractivity contribution is 0.0322. The Balaban J connectivity index is 1.43. The molecule has 1 N–H and O–H groups in total. The van der Waals surface area contributed by atoms with Gasteiger partial charge in [0, 0.05) is 31.9 Å². The number of nitrogens with zero attached hydrogens (tertiary/aromatic N) is 1. The van der Waals surface area contributed by atoms with Crippen LogP contribution in [0.25, 0.3) is 0 Å². The van der Waals surface area contributed by atoms with E-state index in [1.807, 2.05) is 24.3 Å². The van der Waals surface area contributed by atoms with Gasteiger partial charge in [-0.1, -0.05) is 51.9 Å². The van der Waals surface area contributed by atoms with Crippen LogP contribution in [0.2, 0.25) is 0 Å². The van der Waals surface area contributed by atoms with Gasteiger partial charge in [0.25, 0.3) is 0 Å². The summed E-state index contributed by atoms with van der Waals surface area (Å²) in [4.78, 5) is 14.2. The lowest BCUT2D eigenvalue weighted by Crippen LogP contribution is -2.38. The number of morpholine rings is 1. The quantitative estimate of drug-likeness (QED) is 0.333. The third kappa shape index (κ3) is 12.9. The van der Waals surface area contributed by atoms with Gasteiger partial charge in [-0.25, -0.2) is 4.79 Å². The molecule has 1 aromatic carbocycles. The Hall–Kier alpha value is -1.83. The zero-order chi connectivity index (χ0) is 22.7. The molecule has 0 aromatic heterocycles. The Bertz CT molecular complexity index is 590. The summed E-state index contributed by atoms with van der Waals surface area (Å²) in [6.07, 6.45) is 9.77. The molecule has 2 rings (SSSR count). The molecule has 1 amide bonds. The molecule has 1 aromatic rings. The highest BCUT2D eigenvalue weighted by atomic mass is 16.6. The fraction of sp³-hybridized carbons (Fsp3) is 0.720. The lowest BCUT2D eigenvalue weighted by Gasteiger charge is -2.26. The maximum Gasteiger partial charge on any atom is 0.411 e. The molecule has 0 atom stereocenters. The molecule has 0 unspecified atom stereocenters. The molecule has 0 spiro atoms. The zero-order valence-corrected chi connectivity index (χ0v) is 19.8. The second kappa shape index (κ2) is 17.7. The highest BCUT2D eigenvalue weighted by Crippen LogP contribution is 2.16. The van der Waals surface area contributed by atoms with Crippen molar-refractivity contribution >= 4 is 11.8 Å². The second-order valence-electron chi connectivity index (χ2n) is 8.18. The summed E-state index contributed by atoms with van der Waals surface area (Å²) in [5.41, 5.74) is 0.676. The molecule has 0 radical (unpaired) electrons. The number of hydrogen-bond acceptors (Lipinski definition) is 6. The van der Waals surface area contributed by atoms with Gasteiger partial charge in [0.15, 0.2) is 0 Å². The maximum atomic E-state index is 11.9. The van der Waals surface area contributed by atoms with Gasteiger partial charge in [-0.05, 0) is 30.7 Å². The van der Waals surface area contributed by atoms with Crippen molar-refractivity contribution in [2.75, 3.05) is 64.6 Å². The molecule has 0 bridgehead atoms. The normalized spacial score (nSPS) is 14.3. The average Bonchev–Trinajstić information content (AvgIpc) is 2.81.